The average molecular weight is 342 g/mol. The zero-order valence-electron chi connectivity index (χ0n) is 14.0. The van der Waals surface area contributed by atoms with Gasteiger partial charge in [-0.05, 0) is 12.3 Å². The minimum absolute atomic E-state index is 0.0208. The highest BCUT2D eigenvalue weighted by molar-refractivity contribution is 5.73. The molecule has 9 N–H and O–H groups in total. The standard InChI is InChI=1S/C9H15N5O2.C5H11NO2/c1-2-5(15)4-3-11-7-6(12-4)8(16)14-9(10)13-7;1-3(2)4(6)5(7)8/h4-5,12,15H,2-3H2,1H3,(H4,10,11,13,14,16);3-4H,6H2,1-2H3,(H,7,8). The molecule has 3 atom stereocenters. The number of nitrogens with one attached hydrogen (secondary N) is 3. The van der Waals surface area contributed by atoms with Crippen molar-refractivity contribution in [2.75, 3.05) is 22.9 Å². The number of nitrogens with two attached hydrogens (primary N) is 2. The summed E-state index contributed by atoms with van der Waals surface area (Å²) in [6.07, 6.45) is 0.118. The molecule has 3 unspecified atom stereocenters. The number of rotatable bonds is 4. The van der Waals surface area contributed by atoms with Crippen molar-refractivity contribution in [3.05, 3.63) is 10.4 Å². The number of carbonyl (C=O) groups is 1. The zero-order valence-corrected chi connectivity index (χ0v) is 14.0. The van der Waals surface area contributed by atoms with Crippen LogP contribution in [0.5, 0.6) is 0 Å². The van der Waals surface area contributed by atoms with E-state index in [-0.39, 0.29) is 23.5 Å². The van der Waals surface area contributed by atoms with E-state index in [2.05, 4.69) is 20.6 Å². The number of nitrogens with zero attached hydrogens (tertiary/aromatic N) is 1. The molecule has 10 heteroatoms. The maximum atomic E-state index is 11.6. The predicted octanol–water partition coefficient (Wildman–Crippen LogP) is -0.617. The van der Waals surface area contributed by atoms with Gasteiger partial charge in [0.25, 0.3) is 5.56 Å². The number of aliphatic hydroxyl groups is 1. The van der Waals surface area contributed by atoms with Crippen LogP contribution < -0.4 is 27.7 Å². The van der Waals surface area contributed by atoms with E-state index >= 15 is 0 Å². The number of hydrogen-bond acceptors (Lipinski definition) is 8. The first-order chi connectivity index (χ1) is 11.2. The Hall–Kier alpha value is -2.33. The van der Waals surface area contributed by atoms with E-state index < -0.39 is 18.1 Å². The number of anilines is 3. The van der Waals surface area contributed by atoms with E-state index in [9.17, 15) is 14.7 Å². The quantitative estimate of drug-likeness (QED) is 0.375. The van der Waals surface area contributed by atoms with Crippen molar-refractivity contribution in [1.82, 2.24) is 9.97 Å². The molecular formula is C14H26N6O4. The molecule has 0 radical (unpaired) electrons. The summed E-state index contributed by atoms with van der Waals surface area (Å²) in [5.41, 5.74) is 10.6. The van der Waals surface area contributed by atoms with Crippen LogP contribution in [0.4, 0.5) is 17.5 Å². The fraction of sp³-hybridized carbons (Fsp3) is 0.643. The average Bonchev–Trinajstić information content (AvgIpc) is 2.53. The van der Waals surface area contributed by atoms with Gasteiger partial charge in [-0.25, -0.2) is 0 Å². The summed E-state index contributed by atoms with van der Waals surface area (Å²) in [5.74, 6) is -0.402. The van der Waals surface area contributed by atoms with Gasteiger partial charge in [0.1, 0.15) is 11.7 Å². The van der Waals surface area contributed by atoms with Crippen molar-refractivity contribution in [3.63, 3.8) is 0 Å². The van der Waals surface area contributed by atoms with E-state index in [1.54, 1.807) is 13.8 Å². The number of nitrogen functional groups attached to an aromatic ring is 1. The first-order valence-electron chi connectivity index (χ1n) is 7.74. The molecule has 0 aliphatic carbocycles. The van der Waals surface area contributed by atoms with E-state index in [1.807, 2.05) is 6.92 Å². The van der Waals surface area contributed by atoms with Crippen LogP contribution in [0.1, 0.15) is 27.2 Å². The summed E-state index contributed by atoms with van der Waals surface area (Å²) in [4.78, 5) is 28.0. The second-order valence-electron chi connectivity index (χ2n) is 5.89. The molecule has 136 valence electrons. The van der Waals surface area contributed by atoms with E-state index in [4.69, 9.17) is 16.6 Å². The second kappa shape index (κ2) is 8.50. The largest absolute Gasteiger partial charge is 0.480 e. The van der Waals surface area contributed by atoms with Gasteiger partial charge in [0.2, 0.25) is 5.95 Å². The molecule has 1 aliphatic rings. The van der Waals surface area contributed by atoms with E-state index in [0.717, 1.165) is 0 Å². The third-order valence-corrected chi connectivity index (χ3v) is 3.64. The van der Waals surface area contributed by atoms with Crippen LogP contribution in [0, 0.1) is 5.92 Å². The summed E-state index contributed by atoms with van der Waals surface area (Å²) >= 11 is 0. The van der Waals surface area contributed by atoms with Gasteiger partial charge in [0.05, 0.1) is 12.1 Å². The maximum Gasteiger partial charge on any atom is 0.320 e. The Morgan fingerprint density at radius 2 is 2.08 bits per heavy atom. The van der Waals surface area contributed by atoms with Crippen molar-refractivity contribution < 1.29 is 15.0 Å². The Bertz CT molecular complexity index is 618. The summed E-state index contributed by atoms with van der Waals surface area (Å²) in [5, 5.41) is 23.9. The molecule has 0 aromatic carbocycles. The number of H-pyrrole nitrogens is 1. The van der Waals surface area contributed by atoms with Gasteiger partial charge in [0, 0.05) is 6.54 Å². The molecule has 24 heavy (non-hydrogen) atoms. The zero-order chi connectivity index (χ0) is 18.4. The number of carboxylic acids is 1. The van der Waals surface area contributed by atoms with Gasteiger partial charge >= 0.3 is 5.97 Å². The molecule has 0 saturated carbocycles. The molecule has 1 aliphatic heterocycles. The maximum absolute atomic E-state index is 11.6. The minimum Gasteiger partial charge on any atom is -0.480 e. The molecule has 0 bridgehead atoms. The predicted molar refractivity (Wildman–Crippen MR) is 91.9 cm³/mol. The third kappa shape index (κ3) is 5.10. The van der Waals surface area contributed by atoms with Crippen LogP contribution in [0.2, 0.25) is 0 Å². The SMILES string of the molecule is CC(C)C(N)C(=O)O.CCC(O)C1CNc2nc(N)[nH]c(=O)c2N1. The van der Waals surface area contributed by atoms with Gasteiger partial charge in [-0.2, -0.15) is 4.98 Å². The van der Waals surface area contributed by atoms with Crippen molar-refractivity contribution in [2.24, 2.45) is 11.7 Å². The molecule has 0 amide bonds. The number of hydrogen-bond donors (Lipinski definition) is 7. The minimum atomic E-state index is -0.931. The summed E-state index contributed by atoms with van der Waals surface area (Å²) < 4.78 is 0. The van der Waals surface area contributed by atoms with Crippen LogP contribution in [-0.2, 0) is 4.79 Å². The lowest BCUT2D eigenvalue weighted by Crippen LogP contribution is -2.44. The Labute approximate surface area is 139 Å². The Morgan fingerprint density at radius 1 is 1.46 bits per heavy atom. The first-order valence-corrected chi connectivity index (χ1v) is 7.74. The molecular weight excluding hydrogens is 316 g/mol. The highest BCUT2D eigenvalue weighted by Crippen LogP contribution is 2.21. The van der Waals surface area contributed by atoms with Crippen molar-refractivity contribution in [3.8, 4) is 0 Å². The molecule has 1 aromatic rings. The van der Waals surface area contributed by atoms with Crippen LogP contribution in [0.3, 0.4) is 0 Å². The molecule has 0 spiro atoms. The second-order valence-corrected chi connectivity index (χ2v) is 5.89. The lowest BCUT2D eigenvalue weighted by molar-refractivity contribution is -0.139. The van der Waals surface area contributed by atoms with Crippen molar-refractivity contribution in [2.45, 2.75) is 45.4 Å². The van der Waals surface area contributed by atoms with Crippen LogP contribution in [0.25, 0.3) is 0 Å². The Balaban J connectivity index is 0.000000307. The topological polar surface area (TPSA) is 179 Å². The van der Waals surface area contributed by atoms with Crippen LogP contribution >= 0.6 is 0 Å². The molecule has 2 rings (SSSR count). The fourth-order valence-electron chi connectivity index (χ4n) is 2.00. The summed E-state index contributed by atoms with van der Waals surface area (Å²) in [7, 11) is 0. The van der Waals surface area contributed by atoms with Crippen molar-refractivity contribution >= 4 is 23.4 Å². The monoisotopic (exact) mass is 342 g/mol. The highest BCUT2D eigenvalue weighted by atomic mass is 16.4. The van der Waals surface area contributed by atoms with Gasteiger partial charge < -0.3 is 32.3 Å². The Morgan fingerprint density at radius 3 is 2.54 bits per heavy atom. The first kappa shape index (κ1) is 19.7. The molecule has 1 aromatic heterocycles. The van der Waals surface area contributed by atoms with Gasteiger partial charge in [0.15, 0.2) is 5.82 Å². The number of aliphatic carboxylic acids is 1. The number of carboxylic acid groups (broad SMARTS) is 1. The highest BCUT2D eigenvalue weighted by Gasteiger charge is 2.25. The number of aromatic nitrogens is 2. The molecule has 0 saturated heterocycles. The molecule has 0 fully saturated rings. The fourth-order valence-corrected chi connectivity index (χ4v) is 2.00. The van der Waals surface area contributed by atoms with Crippen LogP contribution in [-0.4, -0.2) is 50.9 Å². The van der Waals surface area contributed by atoms with Crippen molar-refractivity contribution in [1.29, 1.82) is 0 Å². The summed E-state index contributed by atoms with van der Waals surface area (Å²) in [6, 6.07) is -0.904. The lowest BCUT2D eigenvalue weighted by atomic mass is 10.1. The van der Waals surface area contributed by atoms with Gasteiger partial charge in [-0.15, -0.1) is 0 Å². The van der Waals surface area contributed by atoms with Gasteiger partial charge in [-0.1, -0.05) is 20.8 Å². The molecule has 10 nitrogen and oxygen atoms in total. The smallest absolute Gasteiger partial charge is 0.320 e. The normalized spacial score (nSPS) is 18.3. The third-order valence-electron chi connectivity index (χ3n) is 3.64. The van der Waals surface area contributed by atoms with E-state index in [0.29, 0.717) is 24.5 Å². The molecule has 2 heterocycles. The Kier molecular flexibility index (Phi) is 6.98. The van der Waals surface area contributed by atoms with Crippen LogP contribution in [0.15, 0.2) is 4.79 Å². The number of aromatic amines is 1. The number of fused-ring (bicyclic) bond motifs is 1. The van der Waals surface area contributed by atoms with E-state index in [1.165, 1.54) is 0 Å². The van der Waals surface area contributed by atoms with Gasteiger partial charge in [-0.3, -0.25) is 14.6 Å². The lowest BCUT2D eigenvalue weighted by Gasteiger charge is -2.29. The number of aliphatic hydroxyl groups excluding tert-OH is 1. The summed E-state index contributed by atoms with van der Waals surface area (Å²) in [6.45, 7) is 5.95.